The van der Waals surface area contributed by atoms with E-state index < -0.39 is 0 Å². The van der Waals surface area contributed by atoms with Crippen molar-refractivity contribution in [2.45, 2.75) is 13.8 Å². The number of benzene rings is 1. The molecule has 0 spiro atoms. The number of hydrogen-bond donors (Lipinski definition) is 1. The van der Waals surface area contributed by atoms with E-state index in [4.69, 9.17) is 19.4 Å². The Morgan fingerprint density at radius 2 is 2.00 bits per heavy atom. The molecule has 0 amide bonds. The molecule has 0 atom stereocenters. The lowest BCUT2D eigenvalue weighted by molar-refractivity contribution is 0.416. The Bertz CT molecular complexity index is 787. The van der Waals surface area contributed by atoms with Crippen LogP contribution >= 0.6 is 0 Å². The van der Waals surface area contributed by atoms with Crippen molar-refractivity contribution in [1.29, 1.82) is 0 Å². The molecule has 5 heteroatoms. The van der Waals surface area contributed by atoms with Crippen LogP contribution in [0.4, 0.5) is 5.88 Å². The fourth-order valence-corrected chi connectivity index (χ4v) is 2.34. The normalized spacial score (nSPS) is 10.8. The lowest BCUT2D eigenvalue weighted by Gasteiger charge is -2.09. The van der Waals surface area contributed by atoms with Gasteiger partial charge in [-0.2, -0.15) is 0 Å². The van der Waals surface area contributed by atoms with Crippen molar-refractivity contribution in [3.8, 4) is 28.1 Å². The van der Waals surface area contributed by atoms with Gasteiger partial charge in [0.1, 0.15) is 23.5 Å². The van der Waals surface area contributed by atoms with Crippen LogP contribution in [0.5, 0.6) is 5.75 Å². The van der Waals surface area contributed by atoms with Crippen LogP contribution in [0, 0.1) is 13.8 Å². The summed E-state index contributed by atoms with van der Waals surface area (Å²) in [6.07, 6.45) is 1.64. The molecule has 108 valence electrons. The summed E-state index contributed by atoms with van der Waals surface area (Å²) in [4.78, 5) is 0. The van der Waals surface area contributed by atoms with Crippen molar-refractivity contribution in [1.82, 2.24) is 5.16 Å². The zero-order chi connectivity index (χ0) is 15.0. The van der Waals surface area contributed by atoms with E-state index in [0.717, 1.165) is 33.8 Å². The van der Waals surface area contributed by atoms with Gasteiger partial charge in [-0.25, -0.2) is 0 Å². The standard InChI is InChI=1S/C16H16N2O3/c1-9-4-5-13(19-3)12(6-9)14-15(18-21-16(14)17)11-7-10(2)20-8-11/h4-8H,17H2,1-3H3. The van der Waals surface area contributed by atoms with E-state index in [9.17, 15) is 0 Å². The molecule has 0 aliphatic carbocycles. The van der Waals surface area contributed by atoms with Gasteiger partial charge in [0.05, 0.1) is 12.7 Å². The van der Waals surface area contributed by atoms with Crippen molar-refractivity contribution in [3.05, 3.63) is 41.9 Å². The maximum Gasteiger partial charge on any atom is 0.230 e. The fraction of sp³-hybridized carbons (Fsp3) is 0.188. The summed E-state index contributed by atoms with van der Waals surface area (Å²) in [5.74, 6) is 1.78. The summed E-state index contributed by atoms with van der Waals surface area (Å²) < 4.78 is 16.0. The highest BCUT2D eigenvalue weighted by molar-refractivity contribution is 5.89. The molecule has 0 radical (unpaired) electrons. The monoisotopic (exact) mass is 284 g/mol. The fourth-order valence-electron chi connectivity index (χ4n) is 2.34. The van der Waals surface area contributed by atoms with Crippen LogP contribution in [0.2, 0.25) is 0 Å². The second kappa shape index (κ2) is 5.01. The smallest absolute Gasteiger partial charge is 0.230 e. The molecular formula is C16H16N2O3. The van der Waals surface area contributed by atoms with Gasteiger partial charge in [-0.05, 0) is 32.0 Å². The average Bonchev–Trinajstić information content (AvgIpc) is 3.04. The van der Waals surface area contributed by atoms with Crippen LogP contribution in [0.15, 0.2) is 39.5 Å². The van der Waals surface area contributed by atoms with E-state index in [0.29, 0.717) is 5.69 Å². The van der Waals surface area contributed by atoms with Crippen LogP contribution in [-0.4, -0.2) is 12.3 Å². The molecule has 2 heterocycles. The van der Waals surface area contributed by atoms with E-state index in [2.05, 4.69) is 5.16 Å². The number of ether oxygens (including phenoxy) is 1. The lowest BCUT2D eigenvalue weighted by atomic mass is 9.99. The summed E-state index contributed by atoms with van der Waals surface area (Å²) >= 11 is 0. The van der Waals surface area contributed by atoms with Crippen molar-refractivity contribution in [3.63, 3.8) is 0 Å². The Kier molecular flexibility index (Phi) is 3.17. The summed E-state index contributed by atoms with van der Waals surface area (Å²) in [5, 5.41) is 4.07. The third-order valence-electron chi connectivity index (χ3n) is 3.35. The van der Waals surface area contributed by atoms with Gasteiger partial charge in [-0.15, -0.1) is 0 Å². The number of anilines is 1. The van der Waals surface area contributed by atoms with Crippen LogP contribution < -0.4 is 10.5 Å². The number of nitrogens with two attached hydrogens (primary N) is 1. The van der Waals surface area contributed by atoms with E-state index in [1.165, 1.54) is 0 Å². The zero-order valence-corrected chi connectivity index (χ0v) is 12.1. The van der Waals surface area contributed by atoms with E-state index in [-0.39, 0.29) is 5.88 Å². The first-order valence-corrected chi connectivity index (χ1v) is 6.56. The summed E-state index contributed by atoms with van der Waals surface area (Å²) in [6, 6.07) is 7.77. The number of furan rings is 1. The first-order chi connectivity index (χ1) is 10.1. The lowest BCUT2D eigenvalue weighted by Crippen LogP contribution is -1.92. The molecule has 0 unspecified atom stereocenters. The van der Waals surface area contributed by atoms with Gasteiger partial charge in [0.15, 0.2) is 0 Å². The van der Waals surface area contributed by atoms with Crippen LogP contribution in [0.1, 0.15) is 11.3 Å². The second-order valence-electron chi connectivity index (χ2n) is 4.92. The Hall–Kier alpha value is -2.69. The van der Waals surface area contributed by atoms with Gasteiger partial charge in [-0.1, -0.05) is 16.8 Å². The first-order valence-electron chi connectivity index (χ1n) is 6.56. The van der Waals surface area contributed by atoms with E-state index in [1.807, 2.05) is 38.1 Å². The van der Waals surface area contributed by atoms with Crippen LogP contribution in [-0.2, 0) is 0 Å². The highest BCUT2D eigenvalue weighted by Gasteiger charge is 2.21. The summed E-state index contributed by atoms with van der Waals surface area (Å²) in [6.45, 7) is 3.88. The van der Waals surface area contributed by atoms with Crippen molar-refractivity contribution in [2.24, 2.45) is 0 Å². The van der Waals surface area contributed by atoms with Gasteiger partial charge < -0.3 is 19.4 Å². The quantitative estimate of drug-likeness (QED) is 0.791. The van der Waals surface area contributed by atoms with E-state index in [1.54, 1.807) is 13.4 Å². The number of hydrogen-bond acceptors (Lipinski definition) is 5. The van der Waals surface area contributed by atoms with Gasteiger partial charge >= 0.3 is 0 Å². The Morgan fingerprint density at radius 3 is 2.67 bits per heavy atom. The van der Waals surface area contributed by atoms with Gasteiger partial charge in [-0.3, -0.25) is 0 Å². The number of rotatable bonds is 3. The molecule has 0 bridgehead atoms. The number of nitrogens with zero attached hydrogens (tertiary/aromatic N) is 1. The molecule has 0 fully saturated rings. The average molecular weight is 284 g/mol. The molecule has 1 aromatic carbocycles. The maximum absolute atomic E-state index is 5.98. The minimum absolute atomic E-state index is 0.257. The molecule has 2 N–H and O–H groups in total. The number of aryl methyl sites for hydroxylation is 2. The SMILES string of the molecule is COc1ccc(C)cc1-c1c(-c2coc(C)c2)noc1N. The molecule has 21 heavy (non-hydrogen) atoms. The first kappa shape index (κ1) is 13.3. The van der Waals surface area contributed by atoms with Crippen LogP contribution in [0.3, 0.4) is 0 Å². The molecule has 5 nitrogen and oxygen atoms in total. The Labute approximate surface area is 122 Å². The van der Waals surface area contributed by atoms with Crippen molar-refractivity contribution in [2.75, 3.05) is 12.8 Å². The molecular weight excluding hydrogens is 268 g/mol. The van der Waals surface area contributed by atoms with Gasteiger partial charge in [0.2, 0.25) is 5.88 Å². The molecule has 0 saturated heterocycles. The summed E-state index contributed by atoms with van der Waals surface area (Å²) in [7, 11) is 1.62. The molecule has 0 aliphatic rings. The molecule has 2 aromatic heterocycles. The minimum Gasteiger partial charge on any atom is -0.496 e. The number of nitrogen functional groups attached to an aromatic ring is 1. The predicted octanol–water partition coefficient (Wildman–Crippen LogP) is 3.81. The molecule has 0 saturated carbocycles. The maximum atomic E-state index is 5.98. The largest absolute Gasteiger partial charge is 0.496 e. The minimum atomic E-state index is 0.257. The van der Waals surface area contributed by atoms with Crippen LogP contribution in [0.25, 0.3) is 22.4 Å². The highest BCUT2D eigenvalue weighted by atomic mass is 16.5. The van der Waals surface area contributed by atoms with Crippen molar-refractivity contribution < 1.29 is 13.7 Å². The Balaban J connectivity index is 2.24. The van der Waals surface area contributed by atoms with Crippen molar-refractivity contribution >= 4 is 5.88 Å². The van der Waals surface area contributed by atoms with Gasteiger partial charge in [0.25, 0.3) is 0 Å². The predicted molar refractivity (Wildman–Crippen MR) is 80.1 cm³/mol. The third-order valence-corrected chi connectivity index (χ3v) is 3.35. The third kappa shape index (κ3) is 2.27. The zero-order valence-electron chi connectivity index (χ0n) is 12.1. The van der Waals surface area contributed by atoms with E-state index >= 15 is 0 Å². The second-order valence-corrected chi connectivity index (χ2v) is 4.92. The highest BCUT2D eigenvalue weighted by Crippen LogP contribution is 2.41. The number of aromatic nitrogens is 1. The molecule has 0 aliphatic heterocycles. The molecule has 3 rings (SSSR count). The molecule has 3 aromatic rings. The Morgan fingerprint density at radius 1 is 1.19 bits per heavy atom. The van der Waals surface area contributed by atoms with Gasteiger partial charge in [0, 0.05) is 11.1 Å². The number of methoxy groups -OCH3 is 1. The summed E-state index contributed by atoms with van der Waals surface area (Å²) in [5.41, 5.74) is 10.1. The topological polar surface area (TPSA) is 74.4 Å².